The maximum atomic E-state index is 13.9. The van der Waals surface area contributed by atoms with E-state index in [9.17, 15) is 14.0 Å². The zero-order valence-electron chi connectivity index (χ0n) is 12.9. The van der Waals surface area contributed by atoms with E-state index in [4.69, 9.17) is 16.9 Å². The Hall–Kier alpha value is -2.13. The van der Waals surface area contributed by atoms with Crippen LogP contribution in [0.2, 0.25) is 5.02 Å². The van der Waals surface area contributed by atoms with Crippen LogP contribution in [-0.4, -0.2) is 36.6 Å². The van der Waals surface area contributed by atoms with Crippen LogP contribution in [0.25, 0.3) is 0 Å². The molecule has 7 heteroatoms. The first-order chi connectivity index (χ1) is 10.9. The minimum absolute atomic E-state index is 0.191. The first-order valence-electron chi connectivity index (χ1n) is 7.27. The van der Waals surface area contributed by atoms with Crippen molar-refractivity contribution >= 4 is 29.7 Å². The summed E-state index contributed by atoms with van der Waals surface area (Å²) in [5.74, 6) is 0. The van der Waals surface area contributed by atoms with Crippen molar-refractivity contribution < 1.29 is 14.0 Å². The van der Waals surface area contributed by atoms with E-state index in [0.717, 1.165) is 4.90 Å². The fourth-order valence-electron chi connectivity index (χ4n) is 2.87. The van der Waals surface area contributed by atoms with E-state index in [1.54, 1.807) is 6.92 Å². The van der Waals surface area contributed by atoms with Crippen LogP contribution >= 0.6 is 11.6 Å². The van der Waals surface area contributed by atoms with Crippen molar-refractivity contribution in [2.24, 2.45) is 0 Å². The Bertz CT molecular complexity index is 674. The minimum atomic E-state index is -1.08. The summed E-state index contributed by atoms with van der Waals surface area (Å²) in [6.45, 7) is 1.62. The van der Waals surface area contributed by atoms with Crippen molar-refractivity contribution in [1.82, 2.24) is 4.90 Å². The number of hydrogen-bond donors (Lipinski definition) is 0. The lowest BCUT2D eigenvalue weighted by molar-refractivity contribution is -0.107. The van der Waals surface area contributed by atoms with Crippen LogP contribution in [0.5, 0.6) is 0 Å². The second-order valence-corrected chi connectivity index (χ2v) is 5.94. The lowest BCUT2D eigenvalue weighted by Gasteiger charge is -2.30. The zero-order chi connectivity index (χ0) is 17.1. The van der Waals surface area contributed by atoms with Crippen molar-refractivity contribution in [3.63, 3.8) is 0 Å². The molecule has 122 valence electrons. The molecule has 2 unspecified atom stereocenters. The van der Waals surface area contributed by atoms with Crippen LogP contribution in [0.1, 0.15) is 30.4 Å². The summed E-state index contributed by atoms with van der Waals surface area (Å²) >= 11 is 6.08. The molecule has 1 aromatic carbocycles. The molecule has 0 spiro atoms. The van der Waals surface area contributed by atoms with Crippen LogP contribution < -0.4 is 4.90 Å². The molecule has 0 saturated heterocycles. The number of nitriles is 1. The van der Waals surface area contributed by atoms with Gasteiger partial charge in [0, 0.05) is 7.05 Å². The van der Waals surface area contributed by atoms with Crippen LogP contribution in [0.15, 0.2) is 12.1 Å². The third kappa shape index (κ3) is 3.15. The van der Waals surface area contributed by atoms with Crippen LogP contribution in [0.4, 0.5) is 14.9 Å². The summed E-state index contributed by atoms with van der Waals surface area (Å²) in [7, 11) is 1.49. The van der Waals surface area contributed by atoms with Crippen molar-refractivity contribution in [3.05, 3.63) is 28.3 Å². The van der Waals surface area contributed by atoms with Crippen LogP contribution in [-0.2, 0) is 4.79 Å². The molecule has 0 N–H and O–H groups in total. The first kappa shape index (κ1) is 17.2. The maximum absolute atomic E-state index is 13.9. The van der Waals surface area contributed by atoms with E-state index in [1.165, 1.54) is 24.1 Å². The van der Waals surface area contributed by atoms with E-state index >= 15 is 0 Å². The number of alkyl halides is 1. The topological polar surface area (TPSA) is 64.4 Å². The third-order valence-electron chi connectivity index (χ3n) is 4.25. The molecule has 0 aliphatic heterocycles. The number of urea groups is 1. The van der Waals surface area contributed by atoms with E-state index in [2.05, 4.69) is 0 Å². The largest absolute Gasteiger partial charge is 0.331 e. The minimum Gasteiger partial charge on any atom is -0.321 e. The normalized spacial score (nSPS) is 20.0. The Morgan fingerprint density at radius 2 is 2.17 bits per heavy atom. The number of carbonyl (C=O) groups is 2. The highest BCUT2D eigenvalue weighted by Gasteiger charge is 2.35. The highest BCUT2D eigenvalue weighted by molar-refractivity contribution is 6.33. The predicted octanol–water partition coefficient (Wildman–Crippen LogP) is 3.43. The SMILES string of the molecule is Cc1c(N(C=O)C(=O)N(C)C2CCCC2F)ccc(C#N)c1Cl. The number of rotatable bonds is 3. The molecule has 3 amide bonds. The molecule has 2 rings (SSSR count). The molecule has 1 aliphatic carbocycles. The van der Waals surface area contributed by atoms with E-state index in [-0.39, 0.29) is 16.3 Å². The molecule has 1 fully saturated rings. The molecule has 1 aromatic rings. The van der Waals surface area contributed by atoms with Gasteiger partial charge in [0.05, 0.1) is 22.3 Å². The quantitative estimate of drug-likeness (QED) is 0.794. The number of nitrogens with zero attached hydrogens (tertiary/aromatic N) is 3. The molecule has 5 nitrogen and oxygen atoms in total. The average molecular weight is 338 g/mol. The van der Waals surface area contributed by atoms with E-state index in [0.29, 0.717) is 31.2 Å². The van der Waals surface area contributed by atoms with Gasteiger partial charge in [-0.2, -0.15) is 5.26 Å². The Morgan fingerprint density at radius 1 is 1.48 bits per heavy atom. The summed E-state index contributed by atoms with van der Waals surface area (Å²) in [4.78, 5) is 26.2. The fourth-order valence-corrected chi connectivity index (χ4v) is 3.07. The third-order valence-corrected chi connectivity index (χ3v) is 4.73. The van der Waals surface area contributed by atoms with Crippen molar-refractivity contribution in [2.75, 3.05) is 11.9 Å². The van der Waals surface area contributed by atoms with Crippen molar-refractivity contribution in [1.29, 1.82) is 5.26 Å². The summed E-state index contributed by atoms with van der Waals surface area (Å²) in [5, 5.41) is 9.16. The lowest BCUT2D eigenvalue weighted by atomic mass is 10.1. The van der Waals surface area contributed by atoms with Gasteiger partial charge in [0.25, 0.3) is 0 Å². The van der Waals surface area contributed by atoms with Gasteiger partial charge in [-0.05, 0) is 43.9 Å². The molecular formula is C16H17ClFN3O2. The smallest absolute Gasteiger partial charge is 0.321 e. The Kier molecular flexibility index (Phi) is 5.22. The molecule has 23 heavy (non-hydrogen) atoms. The number of benzene rings is 1. The number of anilines is 1. The Morgan fingerprint density at radius 3 is 2.70 bits per heavy atom. The highest BCUT2D eigenvalue weighted by Crippen LogP contribution is 2.31. The van der Waals surface area contributed by atoms with Gasteiger partial charge in [-0.3, -0.25) is 4.79 Å². The molecular weight excluding hydrogens is 321 g/mol. The standard InChI is InChI=1S/C16H17ClFN3O2/c1-10-13(7-6-11(8-19)15(10)17)21(9-22)16(23)20(2)14-5-3-4-12(14)18/h6-7,9,12,14H,3-5H2,1-2H3. The summed E-state index contributed by atoms with van der Waals surface area (Å²) in [5.41, 5.74) is 0.997. The molecule has 0 bridgehead atoms. The fraction of sp³-hybridized carbons (Fsp3) is 0.438. The maximum Gasteiger partial charge on any atom is 0.331 e. The van der Waals surface area contributed by atoms with Gasteiger partial charge in [-0.15, -0.1) is 0 Å². The predicted molar refractivity (Wildman–Crippen MR) is 85.1 cm³/mol. The van der Waals surface area contributed by atoms with Gasteiger partial charge in [0.1, 0.15) is 12.2 Å². The Balaban J connectivity index is 2.33. The molecule has 0 aromatic heterocycles. The number of halogens is 2. The van der Waals surface area contributed by atoms with Gasteiger partial charge in [-0.25, -0.2) is 14.1 Å². The average Bonchev–Trinajstić information content (AvgIpc) is 2.97. The highest BCUT2D eigenvalue weighted by atomic mass is 35.5. The van der Waals surface area contributed by atoms with Crippen LogP contribution in [0.3, 0.4) is 0 Å². The second kappa shape index (κ2) is 6.97. The first-order valence-corrected chi connectivity index (χ1v) is 7.64. The molecule has 1 aliphatic rings. The number of imide groups is 1. The molecule has 2 atom stereocenters. The monoisotopic (exact) mass is 337 g/mol. The second-order valence-electron chi connectivity index (χ2n) is 5.57. The van der Waals surface area contributed by atoms with E-state index in [1.807, 2.05) is 6.07 Å². The van der Waals surface area contributed by atoms with Gasteiger partial charge in [0.2, 0.25) is 6.41 Å². The van der Waals surface area contributed by atoms with Gasteiger partial charge in [-0.1, -0.05) is 11.6 Å². The van der Waals surface area contributed by atoms with Gasteiger partial charge < -0.3 is 4.90 Å². The van der Waals surface area contributed by atoms with Gasteiger partial charge in [0.15, 0.2) is 0 Å². The zero-order valence-corrected chi connectivity index (χ0v) is 13.7. The van der Waals surface area contributed by atoms with Crippen molar-refractivity contribution in [3.8, 4) is 6.07 Å². The molecule has 0 heterocycles. The summed E-state index contributed by atoms with van der Waals surface area (Å²) in [6.07, 6.45) is 1.01. The van der Waals surface area contributed by atoms with Gasteiger partial charge >= 0.3 is 6.03 Å². The molecule has 1 saturated carbocycles. The summed E-state index contributed by atoms with van der Waals surface area (Å²) < 4.78 is 13.9. The lowest BCUT2D eigenvalue weighted by Crippen LogP contribution is -2.47. The Labute approximate surface area is 139 Å². The number of amides is 3. The number of carbonyl (C=O) groups excluding carboxylic acids is 2. The van der Waals surface area contributed by atoms with Crippen molar-refractivity contribution in [2.45, 2.75) is 38.4 Å². The molecule has 0 radical (unpaired) electrons. The number of hydrogen-bond acceptors (Lipinski definition) is 3. The van der Waals surface area contributed by atoms with E-state index < -0.39 is 18.2 Å². The van der Waals surface area contributed by atoms with Crippen LogP contribution in [0, 0.1) is 18.3 Å². The summed E-state index contributed by atoms with van der Waals surface area (Å²) in [6, 6.07) is 3.73.